The van der Waals surface area contributed by atoms with Crippen LogP contribution in [0.2, 0.25) is 10.0 Å². The number of hydrogen-bond acceptors (Lipinski definition) is 4. The minimum Gasteiger partial charge on any atom is -0.484 e. The number of carbonyl (C=O) groups is 3. The van der Waals surface area contributed by atoms with Gasteiger partial charge in [-0.15, -0.1) is 0 Å². The number of alkyl halides is 3. The monoisotopic (exact) mass is 503 g/mol. The fraction of sp³-hybridized carbons (Fsp3) is 0.348. The normalized spacial score (nSPS) is 13.3. The number of amides is 1. The Bertz CT molecular complexity index is 977. The number of hydrogen-bond donors (Lipinski definition) is 1. The topological polar surface area (TPSA) is 72.5 Å². The number of rotatable bonds is 10. The summed E-state index contributed by atoms with van der Waals surface area (Å²) in [6, 6.07) is 11.1. The van der Waals surface area contributed by atoms with Crippen LogP contribution in [0.15, 0.2) is 48.5 Å². The van der Waals surface area contributed by atoms with Gasteiger partial charge in [0, 0.05) is 22.4 Å². The van der Waals surface area contributed by atoms with Gasteiger partial charge in [-0.3, -0.25) is 14.4 Å². The number of ether oxygens (including phenoxy) is 1. The molecular weight excluding hydrogens is 482 g/mol. The molecule has 0 unspecified atom stereocenters. The molecule has 2 rings (SSSR count). The molecule has 1 amide bonds. The number of benzene rings is 2. The van der Waals surface area contributed by atoms with Crippen LogP contribution in [0.1, 0.15) is 31.9 Å². The molecule has 2 atom stereocenters. The summed E-state index contributed by atoms with van der Waals surface area (Å²) in [7, 11) is 0. The Morgan fingerprint density at radius 1 is 1.00 bits per heavy atom. The first-order valence-corrected chi connectivity index (χ1v) is 10.7. The van der Waals surface area contributed by atoms with E-state index in [1.54, 1.807) is 30.3 Å². The van der Waals surface area contributed by atoms with Gasteiger partial charge in [0.1, 0.15) is 11.8 Å². The molecule has 0 saturated carbocycles. The van der Waals surface area contributed by atoms with Crippen molar-refractivity contribution in [3.8, 4) is 5.75 Å². The molecule has 0 spiro atoms. The lowest BCUT2D eigenvalue weighted by Gasteiger charge is -2.24. The van der Waals surface area contributed by atoms with Crippen LogP contribution in [0.5, 0.6) is 5.75 Å². The Balaban J connectivity index is 2.18. The molecule has 0 aliphatic carbocycles. The Morgan fingerprint density at radius 2 is 1.58 bits per heavy atom. The van der Waals surface area contributed by atoms with Gasteiger partial charge >= 0.3 is 6.18 Å². The quantitative estimate of drug-likeness (QED) is 0.458. The van der Waals surface area contributed by atoms with E-state index in [4.69, 9.17) is 27.9 Å². The lowest BCUT2D eigenvalue weighted by molar-refractivity contribution is -0.177. The SMILES string of the molecule is CC(C)[C@H](CC(=O)[C@@H](NC(=O)COc1cc(Cl)cc(Cl)c1)c1ccccc1)C(=O)C(F)(F)F. The molecule has 0 bridgehead atoms. The molecule has 2 aromatic carbocycles. The van der Waals surface area contributed by atoms with Crippen LogP contribution in [-0.2, 0) is 14.4 Å². The van der Waals surface area contributed by atoms with Gasteiger partial charge in [0.05, 0.1) is 0 Å². The van der Waals surface area contributed by atoms with E-state index in [9.17, 15) is 27.6 Å². The summed E-state index contributed by atoms with van der Waals surface area (Å²) < 4.78 is 44.3. The van der Waals surface area contributed by atoms with Crippen molar-refractivity contribution in [1.29, 1.82) is 0 Å². The third-order valence-corrected chi connectivity index (χ3v) is 5.24. The molecule has 0 aromatic heterocycles. The number of halogens is 5. The first-order valence-electron chi connectivity index (χ1n) is 9.95. The van der Waals surface area contributed by atoms with Gasteiger partial charge in [0.25, 0.3) is 5.91 Å². The summed E-state index contributed by atoms with van der Waals surface area (Å²) in [6.45, 7) is 2.37. The Labute approximate surface area is 199 Å². The molecule has 0 aliphatic rings. The van der Waals surface area contributed by atoms with Gasteiger partial charge in [0.15, 0.2) is 12.4 Å². The van der Waals surface area contributed by atoms with E-state index in [0.29, 0.717) is 15.6 Å². The number of ketones is 2. The lowest BCUT2D eigenvalue weighted by atomic mass is 9.84. The van der Waals surface area contributed by atoms with Gasteiger partial charge in [-0.2, -0.15) is 13.2 Å². The second kappa shape index (κ2) is 11.5. The van der Waals surface area contributed by atoms with Gasteiger partial charge in [-0.1, -0.05) is 67.4 Å². The van der Waals surface area contributed by atoms with E-state index in [1.807, 2.05) is 0 Å². The van der Waals surface area contributed by atoms with E-state index >= 15 is 0 Å². The standard InChI is InChI=1S/C23H22Cl2F3NO4/c1-13(2)18(22(32)23(26,27)28)11-19(30)21(14-6-4-3-5-7-14)29-20(31)12-33-17-9-15(24)8-16(25)10-17/h3-10,13,18,21H,11-12H2,1-2H3,(H,29,31)/t18-,21-/m0/s1. The molecule has 0 aliphatic heterocycles. The summed E-state index contributed by atoms with van der Waals surface area (Å²) in [6.07, 6.45) is -5.74. The smallest absolute Gasteiger partial charge is 0.450 e. The summed E-state index contributed by atoms with van der Waals surface area (Å²) >= 11 is 11.8. The highest BCUT2D eigenvalue weighted by molar-refractivity contribution is 6.34. The zero-order chi connectivity index (χ0) is 24.8. The maximum atomic E-state index is 13.0. The molecule has 0 radical (unpaired) electrons. The highest BCUT2D eigenvalue weighted by Crippen LogP contribution is 2.30. The molecule has 10 heteroatoms. The number of nitrogens with one attached hydrogen (secondary N) is 1. The molecule has 178 valence electrons. The highest BCUT2D eigenvalue weighted by Gasteiger charge is 2.45. The van der Waals surface area contributed by atoms with Gasteiger partial charge < -0.3 is 10.1 Å². The van der Waals surface area contributed by atoms with Crippen molar-refractivity contribution < 1.29 is 32.3 Å². The van der Waals surface area contributed by atoms with E-state index in [2.05, 4.69) is 5.32 Å². The van der Waals surface area contributed by atoms with Crippen LogP contribution in [0, 0.1) is 11.8 Å². The Kier molecular flexibility index (Phi) is 9.31. The van der Waals surface area contributed by atoms with Crippen molar-refractivity contribution >= 4 is 40.7 Å². The van der Waals surface area contributed by atoms with E-state index in [0.717, 1.165) is 0 Å². The molecule has 0 saturated heterocycles. The maximum absolute atomic E-state index is 13.0. The second-order valence-electron chi connectivity index (χ2n) is 7.69. The van der Waals surface area contributed by atoms with Gasteiger partial charge in [0.2, 0.25) is 5.78 Å². The third kappa shape index (κ3) is 8.05. The summed E-state index contributed by atoms with van der Waals surface area (Å²) in [5.41, 5.74) is 0.364. The van der Waals surface area contributed by atoms with Gasteiger partial charge in [-0.05, 0) is 29.7 Å². The van der Waals surface area contributed by atoms with E-state index in [-0.39, 0.29) is 5.75 Å². The van der Waals surface area contributed by atoms with Crippen molar-refractivity contribution in [3.05, 3.63) is 64.1 Å². The van der Waals surface area contributed by atoms with E-state index in [1.165, 1.54) is 32.0 Å². The fourth-order valence-electron chi connectivity index (χ4n) is 3.13. The van der Waals surface area contributed by atoms with Crippen LogP contribution < -0.4 is 10.1 Å². The zero-order valence-electron chi connectivity index (χ0n) is 17.8. The molecular formula is C23H22Cl2F3NO4. The van der Waals surface area contributed by atoms with Crippen LogP contribution in [0.3, 0.4) is 0 Å². The minimum atomic E-state index is -5.06. The van der Waals surface area contributed by atoms with Crippen molar-refractivity contribution in [2.45, 2.75) is 32.5 Å². The van der Waals surface area contributed by atoms with Crippen molar-refractivity contribution in [2.24, 2.45) is 11.8 Å². The molecule has 33 heavy (non-hydrogen) atoms. The molecule has 0 heterocycles. The zero-order valence-corrected chi connectivity index (χ0v) is 19.3. The summed E-state index contributed by atoms with van der Waals surface area (Å²) in [5.74, 6) is -5.46. The number of carbonyl (C=O) groups excluding carboxylic acids is 3. The largest absolute Gasteiger partial charge is 0.484 e. The van der Waals surface area contributed by atoms with Crippen LogP contribution in [-0.4, -0.2) is 30.3 Å². The van der Waals surface area contributed by atoms with Crippen molar-refractivity contribution in [1.82, 2.24) is 5.32 Å². The molecule has 1 N–H and O–H groups in total. The molecule has 0 fully saturated rings. The first-order chi connectivity index (χ1) is 15.4. The maximum Gasteiger partial charge on any atom is 0.450 e. The predicted octanol–water partition coefficient (Wildman–Crippen LogP) is 5.59. The first kappa shape index (κ1) is 26.7. The van der Waals surface area contributed by atoms with Crippen molar-refractivity contribution in [2.75, 3.05) is 6.61 Å². The van der Waals surface area contributed by atoms with Crippen molar-refractivity contribution in [3.63, 3.8) is 0 Å². The predicted molar refractivity (Wildman–Crippen MR) is 118 cm³/mol. The average Bonchev–Trinajstić information content (AvgIpc) is 2.72. The third-order valence-electron chi connectivity index (χ3n) is 4.81. The average molecular weight is 504 g/mol. The second-order valence-corrected chi connectivity index (χ2v) is 8.56. The van der Waals surface area contributed by atoms with Gasteiger partial charge in [-0.25, -0.2) is 0 Å². The summed E-state index contributed by atoms with van der Waals surface area (Å²) in [4.78, 5) is 37.3. The lowest BCUT2D eigenvalue weighted by Crippen LogP contribution is -2.40. The summed E-state index contributed by atoms with van der Waals surface area (Å²) in [5, 5.41) is 3.07. The van der Waals surface area contributed by atoms with E-state index < -0.39 is 54.6 Å². The number of Topliss-reactive ketones (excluding diaryl/α,β-unsaturated/α-hetero) is 2. The Hall–Kier alpha value is -2.58. The fourth-order valence-corrected chi connectivity index (χ4v) is 3.64. The molecule has 2 aromatic rings. The van der Waals surface area contributed by atoms with Crippen LogP contribution in [0.4, 0.5) is 13.2 Å². The van der Waals surface area contributed by atoms with Crippen LogP contribution >= 0.6 is 23.2 Å². The molecule has 5 nitrogen and oxygen atoms in total. The Morgan fingerprint density at radius 3 is 2.09 bits per heavy atom. The highest BCUT2D eigenvalue weighted by atomic mass is 35.5. The van der Waals surface area contributed by atoms with Crippen LogP contribution in [0.25, 0.3) is 0 Å². The minimum absolute atomic E-state index is 0.223.